The molecule has 0 aromatic heterocycles. The van der Waals surface area contributed by atoms with Gasteiger partial charge in [-0.1, -0.05) is 130 Å². The molecule has 0 aliphatic heterocycles. The van der Waals surface area contributed by atoms with Crippen LogP contribution in [-0.4, -0.2) is 5.66 Å². The molecule has 0 nitrogen and oxygen atoms in total. The lowest BCUT2D eigenvalue weighted by molar-refractivity contribution is 0.175. The van der Waals surface area contributed by atoms with Gasteiger partial charge in [-0.25, -0.2) is 0 Å². The van der Waals surface area contributed by atoms with E-state index in [2.05, 4.69) is 36.9 Å². The molecule has 0 heterocycles. The second kappa shape index (κ2) is 21.7. The SMILES string of the molecule is CCCCC(P)CCCCCCCCCCC(CCCC)(CCCC)CCCC. The van der Waals surface area contributed by atoms with Crippen LogP contribution in [0.1, 0.15) is 169 Å². The summed E-state index contributed by atoms with van der Waals surface area (Å²) in [5.74, 6) is 0. The second-order valence-corrected chi connectivity index (χ2v) is 11.0. The molecule has 0 saturated heterocycles. The third kappa shape index (κ3) is 17.8. The van der Waals surface area contributed by atoms with Gasteiger partial charge >= 0.3 is 0 Å². The van der Waals surface area contributed by atoms with Crippen molar-refractivity contribution < 1.29 is 0 Å². The highest BCUT2D eigenvalue weighted by Crippen LogP contribution is 2.41. The molecular formula is C28H59P. The maximum absolute atomic E-state index is 3.08. The first-order valence-corrected chi connectivity index (χ1v) is 14.6. The Morgan fingerprint density at radius 1 is 0.448 bits per heavy atom. The average Bonchev–Trinajstić information content (AvgIpc) is 2.74. The summed E-state index contributed by atoms with van der Waals surface area (Å²) in [7, 11) is 3.08. The summed E-state index contributed by atoms with van der Waals surface area (Å²) in [6.45, 7) is 9.41. The first kappa shape index (κ1) is 29.4. The maximum Gasteiger partial charge on any atom is -0.0264 e. The van der Waals surface area contributed by atoms with Crippen LogP contribution in [0.25, 0.3) is 0 Å². The second-order valence-electron chi connectivity index (χ2n) is 10.1. The monoisotopic (exact) mass is 426 g/mol. The molecule has 0 radical (unpaired) electrons. The van der Waals surface area contributed by atoms with Crippen molar-refractivity contribution in [2.24, 2.45) is 5.41 Å². The van der Waals surface area contributed by atoms with Crippen molar-refractivity contribution in [2.75, 3.05) is 0 Å². The summed E-state index contributed by atoms with van der Waals surface area (Å²) < 4.78 is 0. The molecule has 0 bridgehead atoms. The van der Waals surface area contributed by atoms with Crippen molar-refractivity contribution in [2.45, 2.75) is 175 Å². The predicted molar refractivity (Wildman–Crippen MR) is 140 cm³/mol. The predicted octanol–water partition coefficient (Wildman–Crippen LogP) is 10.9. The summed E-state index contributed by atoms with van der Waals surface area (Å²) in [6, 6.07) is 0. The Hall–Kier alpha value is 0.430. The fourth-order valence-corrected chi connectivity index (χ4v) is 5.45. The number of hydrogen-bond acceptors (Lipinski definition) is 0. The van der Waals surface area contributed by atoms with Crippen LogP contribution in [0, 0.1) is 5.41 Å². The minimum atomic E-state index is 0.689. The molecule has 0 amide bonds. The molecule has 29 heavy (non-hydrogen) atoms. The molecule has 0 aliphatic rings. The van der Waals surface area contributed by atoms with Gasteiger partial charge in [0.05, 0.1) is 0 Å². The summed E-state index contributed by atoms with van der Waals surface area (Å²) >= 11 is 0. The molecular weight excluding hydrogens is 367 g/mol. The van der Waals surface area contributed by atoms with Gasteiger partial charge in [-0.15, -0.1) is 9.24 Å². The van der Waals surface area contributed by atoms with Crippen molar-refractivity contribution in [3.05, 3.63) is 0 Å². The first-order chi connectivity index (χ1) is 14.1. The first-order valence-electron chi connectivity index (χ1n) is 13.9. The van der Waals surface area contributed by atoms with E-state index in [4.69, 9.17) is 0 Å². The quantitative estimate of drug-likeness (QED) is 0.112. The van der Waals surface area contributed by atoms with Crippen molar-refractivity contribution in [1.82, 2.24) is 0 Å². The Morgan fingerprint density at radius 3 is 1.24 bits per heavy atom. The molecule has 0 spiro atoms. The summed E-state index contributed by atoms with van der Waals surface area (Å²) in [4.78, 5) is 0. The normalized spacial score (nSPS) is 13.1. The van der Waals surface area contributed by atoms with E-state index in [1.807, 2.05) is 0 Å². The molecule has 176 valence electrons. The fourth-order valence-electron chi connectivity index (χ4n) is 4.98. The molecule has 2 unspecified atom stereocenters. The molecule has 2 atom stereocenters. The Balaban J connectivity index is 3.89. The molecule has 0 rings (SSSR count). The van der Waals surface area contributed by atoms with Gasteiger partial charge in [0.15, 0.2) is 0 Å². The molecule has 0 aromatic carbocycles. The van der Waals surface area contributed by atoms with Crippen molar-refractivity contribution in [1.29, 1.82) is 0 Å². The number of hydrogen-bond donors (Lipinski definition) is 0. The average molecular weight is 427 g/mol. The Bertz CT molecular complexity index is 290. The van der Waals surface area contributed by atoms with Crippen LogP contribution in [0.15, 0.2) is 0 Å². The number of rotatable bonds is 23. The van der Waals surface area contributed by atoms with Crippen molar-refractivity contribution in [3.63, 3.8) is 0 Å². The highest BCUT2D eigenvalue weighted by Gasteiger charge is 2.27. The largest absolute Gasteiger partial charge is 0.134 e. The van der Waals surface area contributed by atoms with Gasteiger partial charge in [-0.3, -0.25) is 0 Å². The van der Waals surface area contributed by atoms with E-state index in [0.29, 0.717) is 5.41 Å². The van der Waals surface area contributed by atoms with Crippen LogP contribution in [0.2, 0.25) is 0 Å². The fraction of sp³-hybridized carbons (Fsp3) is 1.00. The Labute approximate surface area is 189 Å². The topological polar surface area (TPSA) is 0 Å². The lowest BCUT2D eigenvalue weighted by Crippen LogP contribution is -2.21. The minimum Gasteiger partial charge on any atom is -0.134 e. The molecule has 1 heteroatoms. The van der Waals surface area contributed by atoms with Crippen LogP contribution in [0.4, 0.5) is 0 Å². The third-order valence-electron chi connectivity index (χ3n) is 7.14. The van der Waals surface area contributed by atoms with Crippen molar-refractivity contribution in [3.8, 4) is 0 Å². The zero-order valence-corrected chi connectivity index (χ0v) is 22.4. The Morgan fingerprint density at radius 2 is 0.793 bits per heavy atom. The van der Waals surface area contributed by atoms with E-state index < -0.39 is 0 Å². The molecule has 0 aromatic rings. The van der Waals surface area contributed by atoms with E-state index in [-0.39, 0.29) is 0 Å². The van der Waals surface area contributed by atoms with E-state index in [0.717, 1.165) is 5.66 Å². The molecule has 0 saturated carbocycles. The summed E-state index contributed by atoms with van der Waals surface area (Å²) in [6.07, 6.45) is 31.9. The minimum absolute atomic E-state index is 0.689. The van der Waals surface area contributed by atoms with Crippen LogP contribution in [-0.2, 0) is 0 Å². The summed E-state index contributed by atoms with van der Waals surface area (Å²) in [5.41, 5.74) is 1.57. The van der Waals surface area contributed by atoms with Gasteiger partial charge in [0, 0.05) is 0 Å². The molecule has 0 aliphatic carbocycles. The van der Waals surface area contributed by atoms with Crippen LogP contribution >= 0.6 is 9.24 Å². The highest BCUT2D eigenvalue weighted by molar-refractivity contribution is 7.17. The van der Waals surface area contributed by atoms with E-state index in [1.54, 1.807) is 0 Å². The lowest BCUT2D eigenvalue weighted by atomic mass is 9.71. The van der Waals surface area contributed by atoms with Gasteiger partial charge < -0.3 is 0 Å². The van der Waals surface area contributed by atoms with E-state index in [1.165, 1.54) is 141 Å². The summed E-state index contributed by atoms with van der Waals surface area (Å²) in [5, 5.41) is 0. The standard InChI is InChI=1S/C28H59P/c1-5-9-21-27(29)22-19-17-15-13-14-16-18-20-26-28(23-10-6-2,24-11-7-3)25-12-8-4/h27H,5-26,29H2,1-4H3. The Kier molecular flexibility index (Phi) is 22.0. The van der Waals surface area contributed by atoms with Gasteiger partial charge in [0.2, 0.25) is 0 Å². The van der Waals surface area contributed by atoms with Gasteiger partial charge in [0.1, 0.15) is 0 Å². The molecule has 0 N–H and O–H groups in total. The zero-order chi connectivity index (χ0) is 21.6. The van der Waals surface area contributed by atoms with Gasteiger partial charge in [-0.2, -0.15) is 0 Å². The van der Waals surface area contributed by atoms with E-state index >= 15 is 0 Å². The van der Waals surface area contributed by atoms with Crippen molar-refractivity contribution >= 4 is 9.24 Å². The third-order valence-corrected chi connectivity index (χ3v) is 7.81. The van der Waals surface area contributed by atoms with Gasteiger partial charge in [-0.05, 0) is 49.6 Å². The van der Waals surface area contributed by atoms with E-state index in [9.17, 15) is 0 Å². The van der Waals surface area contributed by atoms with Crippen LogP contribution in [0.5, 0.6) is 0 Å². The zero-order valence-electron chi connectivity index (χ0n) is 21.2. The maximum atomic E-state index is 3.08. The molecule has 0 fully saturated rings. The highest BCUT2D eigenvalue weighted by atomic mass is 31.0. The van der Waals surface area contributed by atoms with Gasteiger partial charge in [0.25, 0.3) is 0 Å². The van der Waals surface area contributed by atoms with Crippen LogP contribution < -0.4 is 0 Å². The van der Waals surface area contributed by atoms with Crippen LogP contribution in [0.3, 0.4) is 0 Å². The smallest absolute Gasteiger partial charge is 0.0264 e. The lowest BCUT2D eigenvalue weighted by Gasteiger charge is -2.35. The number of unbranched alkanes of at least 4 members (excludes halogenated alkanes) is 11.